The second-order valence-corrected chi connectivity index (χ2v) is 8.78. The second kappa shape index (κ2) is 9.41. The Bertz CT molecular complexity index is 990. The van der Waals surface area contributed by atoms with Crippen molar-refractivity contribution in [2.45, 2.75) is 25.5 Å². The lowest BCUT2D eigenvalue weighted by molar-refractivity contribution is -0.127. The molecule has 0 aliphatic carbocycles. The highest BCUT2D eigenvalue weighted by Crippen LogP contribution is 2.34. The Morgan fingerprint density at radius 2 is 2.07 bits per heavy atom. The van der Waals surface area contributed by atoms with Gasteiger partial charge in [0.25, 0.3) is 0 Å². The molecule has 1 N–H and O–H groups in total. The number of rotatable bonds is 6. The molecule has 1 heterocycles. The van der Waals surface area contributed by atoms with Gasteiger partial charge < -0.3 is 5.32 Å². The maximum Gasteiger partial charge on any atom is 0.242 e. The zero-order valence-corrected chi connectivity index (χ0v) is 18.7. The van der Waals surface area contributed by atoms with E-state index in [2.05, 4.69) is 32.8 Å². The van der Waals surface area contributed by atoms with Gasteiger partial charge in [-0.25, -0.2) is 4.99 Å². The number of para-hydroxylation sites is 1. The molecular formula is C22H22BrN3O2S. The minimum absolute atomic E-state index is 0.0828. The van der Waals surface area contributed by atoms with Crippen LogP contribution in [-0.4, -0.2) is 33.7 Å². The summed E-state index contributed by atoms with van der Waals surface area (Å²) in [4.78, 5) is 31.7. The normalized spacial score (nSPS) is 17.6. The number of aryl methyl sites for hydroxylation is 2. The number of amidine groups is 1. The number of anilines is 1. The SMILES string of the molecule is C=CCN1C(=O)C(CC(=O)Nc2cc(C)ccc2C)SC1=Nc1ccccc1Br. The number of nitrogens with zero attached hydrogens (tertiary/aromatic N) is 2. The summed E-state index contributed by atoms with van der Waals surface area (Å²) in [5.74, 6) is -0.318. The van der Waals surface area contributed by atoms with E-state index in [0.29, 0.717) is 11.7 Å². The Labute approximate surface area is 183 Å². The van der Waals surface area contributed by atoms with Crippen LogP contribution < -0.4 is 5.32 Å². The largest absolute Gasteiger partial charge is 0.326 e. The van der Waals surface area contributed by atoms with Gasteiger partial charge in [0.15, 0.2) is 5.17 Å². The summed E-state index contributed by atoms with van der Waals surface area (Å²) in [6.07, 6.45) is 1.74. The van der Waals surface area contributed by atoms with Gasteiger partial charge in [0.2, 0.25) is 11.8 Å². The van der Waals surface area contributed by atoms with Crippen molar-refractivity contribution >= 4 is 56.0 Å². The summed E-state index contributed by atoms with van der Waals surface area (Å²) in [6.45, 7) is 8.00. The second-order valence-electron chi connectivity index (χ2n) is 6.76. The fourth-order valence-electron chi connectivity index (χ4n) is 2.91. The molecule has 7 heteroatoms. The van der Waals surface area contributed by atoms with Gasteiger partial charge in [-0.05, 0) is 59.1 Å². The van der Waals surface area contributed by atoms with Gasteiger partial charge in [0.1, 0.15) is 5.25 Å². The van der Waals surface area contributed by atoms with E-state index in [-0.39, 0.29) is 18.2 Å². The number of carbonyl (C=O) groups is 2. The lowest BCUT2D eigenvalue weighted by Crippen LogP contribution is -2.33. The topological polar surface area (TPSA) is 61.8 Å². The molecule has 0 aromatic heterocycles. The number of nitrogens with one attached hydrogen (secondary N) is 1. The predicted octanol–water partition coefficient (Wildman–Crippen LogP) is 5.21. The van der Waals surface area contributed by atoms with Crippen molar-refractivity contribution in [2.75, 3.05) is 11.9 Å². The van der Waals surface area contributed by atoms with Crippen LogP contribution in [0.25, 0.3) is 0 Å². The monoisotopic (exact) mass is 471 g/mol. The van der Waals surface area contributed by atoms with Crippen LogP contribution >= 0.6 is 27.7 Å². The number of carbonyl (C=O) groups excluding carboxylic acids is 2. The minimum atomic E-state index is -0.513. The van der Waals surface area contributed by atoms with E-state index in [0.717, 1.165) is 27.0 Å². The van der Waals surface area contributed by atoms with Gasteiger partial charge >= 0.3 is 0 Å². The summed E-state index contributed by atoms with van der Waals surface area (Å²) in [5, 5.41) is 2.99. The fourth-order valence-corrected chi connectivity index (χ4v) is 4.44. The Kier molecular flexibility index (Phi) is 6.92. The molecule has 1 unspecified atom stereocenters. The molecule has 2 amide bonds. The fraction of sp³-hybridized carbons (Fsp3) is 0.227. The van der Waals surface area contributed by atoms with Crippen LogP contribution in [-0.2, 0) is 9.59 Å². The van der Waals surface area contributed by atoms with Gasteiger partial charge in [-0.15, -0.1) is 6.58 Å². The van der Waals surface area contributed by atoms with Crippen LogP contribution in [0.15, 0.2) is 64.6 Å². The van der Waals surface area contributed by atoms with Crippen LogP contribution in [0.1, 0.15) is 17.5 Å². The molecule has 0 bridgehead atoms. The molecule has 1 aliphatic rings. The van der Waals surface area contributed by atoms with Crippen molar-refractivity contribution in [3.8, 4) is 0 Å². The summed E-state index contributed by atoms with van der Waals surface area (Å²) in [5.41, 5.74) is 3.56. The minimum Gasteiger partial charge on any atom is -0.326 e. The summed E-state index contributed by atoms with van der Waals surface area (Å²) >= 11 is 4.79. The van der Waals surface area contributed by atoms with Crippen LogP contribution in [0, 0.1) is 13.8 Å². The van der Waals surface area contributed by atoms with E-state index in [1.165, 1.54) is 11.8 Å². The van der Waals surface area contributed by atoms with Gasteiger partial charge in [0, 0.05) is 23.1 Å². The molecule has 1 fully saturated rings. The molecule has 3 rings (SSSR count). The summed E-state index contributed by atoms with van der Waals surface area (Å²) in [7, 11) is 0. The van der Waals surface area contributed by atoms with Crippen LogP contribution in [0.3, 0.4) is 0 Å². The van der Waals surface area contributed by atoms with E-state index in [1.807, 2.05) is 56.3 Å². The number of amides is 2. The molecule has 1 atom stereocenters. The van der Waals surface area contributed by atoms with Crippen molar-refractivity contribution in [1.29, 1.82) is 0 Å². The average Bonchev–Trinajstić information content (AvgIpc) is 2.95. The van der Waals surface area contributed by atoms with Crippen LogP contribution in [0.2, 0.25) is 0 Å². The molecule has 1 aliphatic heterocycles. The lowest BCUT2D eigenvalue weighted by atomic mass is 10.1. The number of hydrogen-bond donors (Lipinski definition) is 1. The highest BCUT2D eigenvalue weighted by Gasteiger charge is 2.38. The van der Waals surface area contributed by atoms with E-state index in [4.69, 9.17) is 0 Å². The van der Waals surface area contributed by atoms with Gasteiger partial charge in [-0.2, -0.15) is 0 Å². The first-order valence-corrected chi connectivity index (χ1v) is 10.9. The maximum atomic E-state index is 12.9. The molecule has 1 saturated heterocycles. The predicted molar refractivity (Wildman–Crippen MR) is 124 cm³/mol. The van der Waals surface area contributed by atoms with Crippen LogP contribution in [0.4, 0.5) is 11.4 Å². The first kappa shape index (κ1) is 21.3. The Morgan fingerprint density at radius 3 is 2.79 bits per heavy atom. The number of halogens is 1. The number of aliphatic imine (C=N–C) groups is 1. The third-order valence-electron chi connectivity index (χ3n) is 4.44. The quantitative estimate of drug-likeness (QED) is 0.587. The first-order chi connectivity index (χ1) is 13.9. The average molecular weight is 472 g/mol. The van der Waals surface area contributed by atoms with Crippen molar-refractivity contribution in [1.82, 2.24) is 4.90 Å². The van der Waals surface area contributed by atoms with Gasteiger partial charge in [-0.1, -0.05) is 42.1 Å². The Balaban J connectivity index is 1.77. The Morgan fingerprint density at radius 1 is 1.31 bits per heavy atom. The zero-order chi connectivity index (χ0) is 21.0. The molecule has 0 radical (unpaired) electrons. The molecule has 0 saturated carbocycles. The molecule has 2 aromatic rings. The first-order valence-electron chi connectivity index (χ1n) is 9.18. The van der Waals surface area contributed by atoms with Crippen LogP contribution in [0.5, 0.6) is 0 Å². The van der Waals surface area contributed by atoms with Gasteiger partial charge in [0.05, 0.1) is 5.69 Å². The van der Waals surface area contributed by atoms with E-state index >= 15 is 0 Å². The van der Waals surface area contributed by atoms with Crippen molar-refractivity contribution in [3.63, 3.8) is 0 Å². The third kappa shape index (κ3) is 5.16. The zero-order valence-electron chi connectivity index (χ0n) is 16.3. The Hall–Kier alpha value is -2.38. The number of hydrogen-bond acceptors (Lipinski definition) is 4. The van der Waals surface area contributed by atoms with E-state index in [9.17, 15) is 9.59 Å². The standard InChI is InChI=1S/C22H22BrN3O2S/c1-4-11-26-21(28)19(29-22(26)25-17-8-6-5-7-16(17)23)13-20(27)24-18-12-14(2)9-10-15(18)3/h4-10,12,19H,1,11,13H2,2-3H3,(H,24,27). The van der Waals surface area contributed by atoms with E-state index < -0.39 is 5.25 Å². The van der Waals surface area contributed by atoms with Crippen molar-refractivity contribution < 1.29 is 9.59 Å². The number of benzene rings is 2. The van der Waals surface area contributed by atoms with Crippen molar-refractivity contribution in [2.24, 2.45) is 4.99 Å². The molecule has 29 heavy (non-hydrogen) atoms. The smallest absolute Gasteiger partial charge is 0.242 e. The highest BCUT2D eigenvalue weighted by atomic mass is 79.9. The maximum absolute atomic E-state index is 12.9. The molecule has 150 valence electrons. The molecule has 2 aromatic carbocycles. The van der Waals surface area contributed by atoms with Gasteiger partial charge in [-0.3, -0.25) is 14.5 Å². The highest BCUT2D eigenvalue weighted by molar-refractivity contribution is 9.10. The van der Waals surface area contributed by atoms with Crippen molar-refractivity contribution in [3.05, 3.63) is 70.7 Å². The lowest BCUT2D eigenvalue weighted by Gasteiger charge is -2.14. The molecule has 5 nitrogen and oxygen atoms in total. The molecule has 0 spiro atoms. The number of thioether (sulfide) groups is 1. The van der Waals surface area contributed by atoms with E-state index in [1.54, 1.807) is 11.0 Å². The summed E-state index contributed by atoms with van der Waals surface area (Å²) < 4.78 is 0.843. The molecular weight excluding hydrogens is 450 g/mol. The summed E-state index contributed by atoms with van der Waals surface area (Å²) in [6, 6.07) is 13.5. The third-order valence-corrected chi connectivity index (χ3v) is 6.28.